The average Bonchev–Trinajstić information content (AvgIpc) is 2.40. The van der Waals surface area contributed by atoms with Gasteiger partial charge in [0.1, 0.15) is 5.75 Å². The Bertz CT molecular complexity index is 405. The van der Waals surface area contributed by atoms with Gasteiger partial charge in [-0.05, 0) is 26.3 Å². The van der Waals surface area contributed by atoms with Gasteiger partial charge in [-0.1, -0.05) is 24.6 Å². The van der Waals surface area contributed by atoms with Gasteiger partial charge in [-0.25, -0.2) is 0 Å². The molecular formula is C15H23NO2. The number of aryl methyl sites for hydroxylation is 1. The molecule has 0 bridgehead atoms. The lowest BCUT2D eigenvalue weighted by atomic mass is 10.0. The smallest absolute Gasteiger partial charge is 0.120 e. The number of morpholine rings is 1. The van der Waals surface area contributed by atoms with Crippen LogP contribution in [-0.2, 0) is 4.74 Å². The fourth-order valence-corrected chi connectivity index (χ4v) is 2.72. The lowest BCUT2D eigenvalue weighted by Gasteiger charge is -2.39. The molecule has 0 radical (unpaired) electrons. The molecule has 2 rings (SSSR count). The Hall–Kier alpha value is -1.06. The van der Waals surface area contributed by atoms with Gasteiger partial charge in [-0.15, -0.1) is 0 Å². The Morgan fingerprint density at radius 3 is 3.00 bits per heavy atom. The van der Waals surface area contributed by atoms with Gasteiger partial charge in [0.25, 0.3) is 0 Å². The summed E-state index contributed by atoms with van der Waals surface area (Å²) in [6, 6.07) is 6.51. The molecule has 3 heteroatoms. The molecule has 0 spiro atoms. The number of aromatic hydroxyl groups is 1. The van der Waals surface area contributed by atoms with Crippen LogP contribution in [-0.4, -0.2) is 35.8 Å². The maximum atomic E-state index is 10.0. The summed E-state index contributed by atoms with van der Waals surface area (Å²) in [5.41, 5.74) is 2.21. The molecule has 0 amide bonds. The molecule has 1 aliphatic heterocycles. The minimum absolute atomic E-state index is 0.235. The van der Waals surface area contributed by atoms with Crippen LogP contribution < -0.4 is 0 Å². The number of benzene rings is 1. The van der Waals surface area contributed by atoms with Crippen LogP contribution in [0.15, 0.2) is 18.2 Å². The maximum Gasteiger partial charge on any atom is 0.120 e. The first-order valence-corrected chi connectivity index (χ1v) is 6.76. The average molecular weight is 249 g/mol. The van der Waals surface area contributed by atoms with Gasteiger partial charge in [0, 0.05) is 24.2 Å². The van der Waals surface area contributed by atoms with Gasteiger partial charge < -0.3 is 9.84 Å². The van der Waals surface area contributed by atoms with E-state index < -0.39 is 0 Å². The van der Waals surface area contributed by atoms with Crippen molar-refractivity contribution < 1.29 is 9.84 Å². The van der Waals surface area contributed by atoms with Crippen LogP contribution in [0.25, 0.3) is 0 Å². The predicted octanol–water partition coefficient (Wildman–Crippen LogP) is 2.87. The Labute approximate surface area is 109 Å². The molecule has 1 N–H and O–H groups in total. The van der Waals surface area contributed by atoms with E-state index in [1.165, 1.54) is 5.56 Å². The molecule has 2 unspecified atom stereocenters. The van der Waals surface area contributed by atoms with Crippen molar-refractivity contribution in [2.45, 2.75) is 39.3 Å². The zero-order chi connectivity index (χ0) is 13.1. The summed E-state index contributed by atoms with van der Waals surface area (Å²) in [5.74, 6) is 0.398. The van der Waals surface area contributed by atoms with E-state index in [1.807, 2.05) is 6.07 Å². The second-order valence-electron chi connectivity index (χ2n) is 5.11. The summed E-state index contributed by atoms with van der Waals surface area (Å²) in [6.45, 7) is 8.94. The highest BCUT2D eigenvalue weighted by Crippen LogP contribution is 2.31. The topological polar surface area (TPSA) is 32.7 Å². The molecule has 1 heterocycles. The summed E-state index contributed by atoms with van der Waals surface area (Å²) in [4.78, 5) is 2.44. The van der Waals surface area contributed by atoms with Gasteiger partial charge in [-0.3, -0.25) is 4.90 Å². The minimum atomic E-state index is 0.235. The highest BCUT2D eigenvalue weighted by Gasteiger charge is 2.27. The van der Waals surface area contributed by atoms with Crippen LogP contribution in [0.3, 0.4) is 0 Å². The van der Waals surface area contributed by atoms with Crippen LogP contribution in [0.4, 0.5) is 0 Å². The lowest BCUT2D eigenvalue weighted by Crippen LogP contribution is -2.46. The summed E-state index contributed by atoms with van der Waals surface area (Å²) >= 11 is 0. The van der Waals surface area contributed by atoms with Gasteiger partial charge in [0.2, 0.25) is 0 Å². The molecule has 0 saturated carbocycles. The molecule has 1 aromatic carbocycles. The van der Waals surface area contributed by atoms with Gasteiger partial charge in [0.15, 0.2) is 0 Å². The first-order valence-electron chi connectivity index (χ1n) is 6.76. The molecule has 100 valence electrons. The summed E-state index contributed by atoms with van der Waals surface area (Å²) in [6.07, 6.45) is 1.08. The third-order valence-electron chi connectivity index (χ3n) is 3.87. The van der Waals surface area contributed by atoms with Crippen LogP contribution >= 0.6 is 0 Å². The van der Waals surface area contributed by atoms with E-state index in [-0.39, 0.29) is 6.04 Å². The first-order chi connectivity index (χ1) is 8.63. The monoisotopic (exact) mass is 249 g/mol. The van der Waals surface area contributed by atoms with Crippen LogP contribution in [0.5, 0.6) is 5.75 Å². The third kappa shape index (κ3) is 2.68. The number of phenols is 1. The number of rotatable bonds is 3. The minimum Gasteiger partial charge on any atom is -0.508 e. The molecule has 1 fully saturated rings. The van der Waals surface area contributed by atoms with Crippen molar-refractivity contribution in [3.63, 3.8) is 0 Å². The van der Waals surface area contributed by atoms with Crippen LogP contribution in [0.1, 0.15) is 37.4 Å². The van der Waals surface area contributed by atoms with Gasteiger partial charge in [-0.2, -0.15) is 0 Å². The molecule has 2 atom stereocenters. The number of ether oxygens (including phenoxy) is 1. The van der Waals surface area contributed by atoms with Crippen LogP contribution in [0.2, 0.25) is 0 Å². The normalized spacial score (nSPS) is 22.9. The van der Waals surface area contributed by atoms with E-state index in [0.717, 1.165) is 31.7 Å². The third-order valence-corrected chi connectivity index (χ3v) is 3.87. The van der Waals surface area contributed by atoms with Gasteiger partial charge in [0.05, 0.1) is 13.2 Å². The molecule has 1 saturated heterocycles. The molecule has 0 aliphatic carbocycles. The van der Waals surface area contributed by atoms with E-state index in [0.29, 0.717) is 11.8 Å². The lowest BCUT2D eigenvalue weighted by molar-refractivity contribution is -0.0276. The van der Waals surface area contributed by atoms with Gasteiger partial charge >= 0.3 is 0 Å². The first kappa shape index (κ1) is 13.4. The summed E-state index contributed by atoms with van der Waals surface area (Å²) < 4.78 is 5.54. The molecular weight excluding hydrogens is 226 g/mol. The second kappa shape index (κ2) is 5.72. The van der Waals surface area contributed by atoms with E-state index in [4.69, 9.17) is 4.74 Å². The van der Waals surface area contributed by atoms with Crippen molar-refractivity contribution in [3.8, 4) is 5.75 Å². The maximum absolute atomic E-state index is 10.0. The van der Waals surface area contributed by atoms with Crippen molar-refractivity contribution in [1.29, 1.82) is 0 Å². The van der Waals surface area contributed by atoms with E-state index >= 15 is 0 Å². The highest BCUT2D eigenvalue weighted by molar-refractivity contribution is 5.37. The van der Waals surface area contributed by atoms with E-state index in [9.17, 15) is 5.11 Å². The second-order valence-corrected chi connectivity index (χ2v) is 5.11. The summed E-state index contributed by atoms with van der Waals surface area (Å²) in [7, 11) is 0. The molecule has 1 aromatic rings. The van der Waals surface area contributed by atoms with E-state index in [2.05, 4.69) is 31.7 Å². The Kier molecular flexibility index (Phi) is 4.25. The Morgan fingerprint density at radius 2 is 2.28 bits per heavy atom. The van der Waals surface area contributed by atoms with Crippen molar-refractivity contribution in [2.24, 2.45) is 0 Å². The standard InChI is InChI=1S/C15H23NO2/c1-4-13-10-18-8-7-16(13)12(3)14-9-11(2)5-6-15(14)17/h5-6,9,12-13,17H,4,7-8,10H2,1-3H3. The summed E-state index contributed by atoms with van der Waals surface area (Å²) in [5, 5.41) is 10.0. The number of hydrogen-bond acceptors (Lipinski definition) is 3. The molecule has 0 aromatic heterocycles. The fraction of sp³-hybridized carbons (Fsp3) is 0.600. The Morgan fingerprint density at radius 1 is 1.50 bits per heavy atom. The molecule has 18 heavy (non-hydrogen) atoms. The number of hydrogen-bond donors (Lipinski definition) is 1. The van der Waals surface area contributed by atoms with Crippen LogP contribution in [0, 0.1) is 6.92 Å². The SMILES string of the molecule is CCC1COCCN1C(C)c1cc(C)ccc1O. The highest BCUT2D eigenvalue weighted by atomic mass is 16.5. The number of nitrogens with zero attached hydrogens (tertiary/aromatic N) is 1. The van der Waals surface area contributed by atoms with Crippen molar-refractivity contribution in [2.75, 3.05) is 19.8 Å². The number of phenolic OH excluding ortho intramolecular Hbond substituents is 1. The molecule has 1 aliphatic rings. The predicted molar refractivity (Wildman–Crippen MR) is 72.9 cm³/mol. The molecule has 3 nitrogen and oxygen atoms in total. The zero-order valence-corrected chi connectivity index (χ0v) is 11.5. The Balaban J connectivity index is 2.23. The van der Waals surface area contributed by atoms with Crippen molar-refractivity contribution in [3.05, 3.63) is 29.3 Å². The largest absolute Gasteiger partial charge is 0.508 e. The van der Waals surface area contributed by atoms with Crippen molar-refractivity contribution in [1.82, 2.24) is 4.90 Å². The fourth-order valence-electron chi connectivity index (χ4n) is 2.72. The zero-order valence-electron chi connectivity index (χ0n) is 11.5. The van der Waals surface area contributed by atoms with Crippen molar-refractivity contribution >= 4 is 0 Å². The quantitative estimate of drug-likeness (QED) is 0.894. The van der Waals surface area contributed by atoms with E-state index in [1.54, 1.807) is 6.07 Å².